The Kier molecular flexibility index (Phi) is 11.6. The lowest BCUT2D eigenvalue weighted by Crippen LogP contribution is -1.84. The smallest absolute Gasteiger partial charge is 0.143 e. The molecular formula is C72H46O2S2. The summed E-state index contributed by atoms with van der Waals surface area (Å²) in [6.07, 6.45) is 1.94. The molecule has 0 amide bonds. The third-order valence-corrected chi connectivity index (χ3v) is 17.1. The monoisotopic (exact) mass is 1010 g/mol. The van der Waals surface area contributed by atoms with Crippen molar-refractivity contribution in [1.82, 2.24) is 0 Å². The van der Waals surface area contributed by atoms with E-state index in [1.807, 2.05) is 28.9 Å². The van der Waals surface area contributed by atoms with Crippen LogP contribution in [-0.4, -0.2) is 0 Å². The maximum atomic E-state index is 7.05. The highest BCUT2D eigenvalue weighted by molar-refractivity contribution is 7.21. The van der Waals surface area contributed by atoms with Crippen LogP contribution in [0.1, 0.15) is 0 Å². The SMILES string of the molecule is c1ccc(-c2ccccc2-c2sc(-c3cc(-c4cccc(-c5ccc(-c6coc(-c7ccccc7)c6-c6sc(-c7ccccc7-c7ccccc7)c7ccccc67)cc5)c4)oc3-c3ccccc3)c3ccccc23)cc1. The lowest BCUT2D eigenvalue weighted by atomic mass is 9.94. The molecule has 0 unspecified atom stereocenters. The van der Waals surface area contributed by atoms with E-state index < -0.39 is 0 Å². The second-order valence-electron chi connectivity index (χ2n) is 19.0. The Morgan fingerprint density at radius 2 is 0.618 bits per heavy atom. The number of rotatable bonds is 11. The minimum absolute atomic E-state index is 0.821. The van der Waals surface area contributed by atoms with Crippen LogP contribution >= 0.6 is 22.7 Å². The highest BCUT2D eigenvalue weighted by Gasteiger charge is 2.26. The first kappa shape index (κ1) is 45.3. The van der Waals surface area contributed by atoms with E-state index in [-0.39, 0.29) is 0 Å². The molecule has 14 rings (SSSR count). The van der Waals surface area contributed by atoms with Gasteiger partial charge in [0.25, 0.3) is 0 Å². The van der Waals surface area contributed by atoms with E-state index in [1.54, 1.807) is 0 Å². The topological polar surface area (TPSA) is 26.3 Å². The van der Waals surface area contributed by atoms with E-state index in [9.17, 15) is 0 Å². The van der Waals surface area contributed by atoms with Gasteiger partial charge in [0.15, 0.2) is 0 Å². The van der Waals surface area contributed by atoms with Crippen molar-refractivity contribution in [2.75, 3.05) is 0 Å². The average Bonchev–Trinajstić information content (AvgIpc) is 4.34. The number of hydrogen-bond acceptors (Lipinski definition) is 4. The maximum Gasteiger partial charge on any atom is 0.143 e. The van der Waals surface area contributed by atoms with Crippen LogP contribution in [0.5, 0.6) is 0 Å². The van der Waals surface area contributed by atoms with E-state index in [0.29, 0.717) is 0 Å². The Morgan fingerprint density at radius 3 is 1.16 bits per heavy atom. The number of furan rings is 2. The van der Waals surface area contributed by atoms with Crippen molar-refractivity contribution in [3.63, 3.8) is 0 Å². The number of benzene rings is 10. The van der Waals surface area contributed by atoms with Crippen LogP contribution in [0.2, 0.25) is 0 Å². The first-order chi connectivity index (χ1) is 37.7. The van der Waals surface area contributed by atoms with Gasteiger partial charge in [-0.1, -0.05) is 261 Å². The third-order valence-electron chi connectivity index (χ3n) is 14.5. The molecule has 0 aliphatic heterocycles. The highest BCUT2D eigenvalue weighted by atomic mass is 32.1. The molecule has 0 N–H and O–H groups in total. The Bertz CT molecular complexity index is 4370. The minimum Gasteiger partial charge on any atom is -0.463 e. The molecule has 10 aromatic carbocycles. The zero-order valence-electron chi connectivity index (χ0n) is 41.2. The normalized spacial score (nSPS) is 11.4. The minimum atomic E-state index is 0.821. The van der Waals surface area contributed by atoms with Crippen molar-refractivity contribution in [2.45, 2.75) is 0 Å². The summed E-state index contributed by atoms with van der Waals surface area (Å²) in [6.45, 7) is 0. The third kappa shape index (κ3) is 8.12. The summed E-state index contributed by atoms with van der Waals surface area (Å²) < 4.78 is 13.7. The zero-order chi connectivity index (χ0) is 50.4. The summed E-state index contributed by atoms with van der Waals surface area (Å²) in [4.78, 5) is 4.86. The molecule has 0 spiro atoms. The number of fused-ring (bicyclic) bond motifs is 2. The zero-order valence-corrected chi connectivity index (χ0v) is 42.8. The molecule has 76 heavy (non-hydrogen) atoms. The van der Waals surface area contributed by atoms with Crippen molar-refractivity contribution in [2.24, 2.45) is 0 Å². The molecule has 0 radical (unpaired) electrons. The van der Waals surface area contributed by atoms with Crippen LogP contribution in [0.3, 0.4) is 0 Å². The summed E-state index contributed by atoms with van der Waals surface area (Å²) >= 11 is 3.68. The van der Waals surface area contributed by atoms with Gasteiger partial charge in [-0.2, -0.15) is 0 Å². The summed E-state index contributed by atoms with van der Waals surface area (Å²) in [5, 5.41) is 4.87. The molecule has 4 aromatic heterocycles. The Balaban J connectivity index is 0.853. The van der Waals surface area contributed by atoms with Gasteiger partial charge >= 0.3 is 0 Å². The molecule has 0 atom stereocenters. The van der Waals surface area contributed by atoms with E-state index in [0.717, 1.165) is 67.4 Å². The van der Waals surface area contributed by atoms with E-state index in [4.69, 9.17) is 8.83 Å². The quantitative estimate of drug-likeness (QED) is 0.129. The van der Waals surface area contributed by atoms with Gasteiger partial charge < -0.3 is 8.83 Å². The van der Waals surface area contributed by atoms with Gasteiger partial charge in [0.2, 0.25) is 0 Å². The van der Waals surface area contributed by atoms with Crippen molar-refractivity contribution in [1.29, 1.82) is 0 Å². The second-order valence-corrected chi connectivity index (χ2v) is 21.1. The fraction of sp³-hybridized carbons (Fsp3) is 0. The molecule has 4 heterocycles. The van der Waals surface area contributed by atoms with Gasteiger partial charge in [0, 0.05) is 85.6 Å². The Morgan fingerprint density at radius 1 is 0.237 bits per heavy atom. The average molecular weight is 1010 g/mol. The molecule has 0 aliphatic rings. The first-order valence-corrected chi connectivity index (χ1v) is 27.3. The van der Waals surface area contributed by atoms with Gasteiger partial charge in [-0.05, 0) is 51.1 Å². The Labute approximate surface area is 449 Å². The summed E-state index contributed by atoms with van der Waals surface area (Å²) in [5.74, 6) is 2.54. The lowest BCUT2D eigenvalue weighted by Gasteiger charge is -2.09. The van der Waals surface area contributed by atoms with Crippen molar-refractivity contribution in [3.8, 4) is 120 Å². The molecule has 14 aromatic rings. The van der Waals surface area contributed by atoms with Gasteiger partial charge in [-0.25, -0.2) is 0 Å². The van der Waals surface area contributed by atoms with E-state index in [1.165, 1.54) is 74.4 Å². The predicted molar refractivity (Wildman–Crippen MR) is 322 cm³/mol. The van der Waals surface area contributed by atoms with Crippen molar-refractivity contribution >= 4 is 44.2 Å². The number of thiophene rings is 2. The molecule has 4 heteroatoms. The predicted octanol–water partition coefficient (Wildman–Crippen LogP) is 21.6. The lowest BCUT2D eigenvalue weighted by molar-refractivity contribution is 0.584. The van der Waals surface area contributed by atoms with Crippen LogP contribution in [0, 0.1) is 0 Å². The maximum absolute atomic E-state index is 7.05. The molecule has 0 fully saturated rings. The highest BCUT2D eigenvalue weighted by Crippen LogP contribution is 2.53. The number of hydrogen-bond donors (Lipinski definition) is 0. The molecule has 0 saturated carbocycles. The van der Waals surface area contributed by atoms with E-state index >= 15 is 0 Å². The molecule has 2 nitrogen and oxygen atoms in total. The standard InChI is InChI=1S/C72H46O2S2/c1-5-22-48(23-6-1)55-32-13-15-34-57(55)69-59-36-17-18-37-60(59)71(75-69)63-45-65(74-67(63)51-26-9-3-10-27-51)54-31-21-30-53(44-54)47-40-42-50(43-41-47)64-46-73-68(52-28-11-4-12-29-52)66(64)72-62-39-20-19-38-61(62)70(76-72)58-35-16-14-33-56(58)49-24-7-2-8-25-49/h1-46H. The largest absolute Gasteiger partial charge is 0.463 e. The first-order valence-electron chi connectivity index (χ1n) is 25.6. The Hall–Kier alpha value is -9.32. The van der Waals surface area contributed by atoms with Gasteiger partial charge in [0.1, 0.15) is 17.3 Å². The molecule has 0 saturated heterocycles. The molecular weight excluding hydrogens is 961 g/mol. The van der Waals surface area contributed by atoms with Crippen LogP contribution in [-0.2, 0) is 0 Å². The fourth-order valence-corrected chi connectivity index (χ4v) is 13.6. The molecule has 0 bridgehead atoms. The van der Waals surface area contributed by atoms with E-state index in [2.05, 4.69) is 273 Å². The second kappa shape index (κ2) is 19.5. The molecule has 0 aliphatic carbocycles. The van der Waals surface area contributed by atoms with Crippen LogP contribution in [0.15, 0.2) is 288 Å². The van der Waals surface area contributed by atoms with Gasteiger partial charge in [-0.15, -0.1) is 22.7 Å². The summed E-state index contributed by atoms with van der Waals surface area (Å²) in [5.41, 5.74) is 16.9. The summed E-state index contributed by atoms with van der Waals surface area (Å²) in [7, 11) is 0. The van der Waals surface area contributed by atoms with Crippen molar-refractivity contribution < 1.29 is 8.83 Å². The summed E-state index contributed by atoms with van der Waals surface area (Å²) in [6, 6.07) is 97.5. The fourth-order valence-electron chi connectivity index (χ4n) is 10.9. The van der Waals surface area contributed by atoms with Gasteiger partial charge in [-0.3, -0.25) is 0 Å². The van der Waals surface area contributed by atoms with Crippen molar-refractivity contribution in [3.05, 3.63) is 279 Å². The van der Waals surface area contributed by atoms with Crippen LogP contribution in [0.4, 0.5) is 0 Å². The van der Waals surface area contributed by atoms with Crippen LogP contribution in [0.25, 0.3) is 142 Å². The molecule has 358 valence electrons. The van der Waals surface area contributed by atoms with Crippen LogP contribution < -0.4 is 0 Å². The van der Waals surface area contributed by atoms with Gasteiger partial charge in [0.05, 0.1) is 6.26 Å².